The van der Waals surface area contributed by atoms with Crippen molar-refractivity contribution in [1.29, 1.82) is 0 Å². The van der Waals surface area contributed by atoms with Crippen LogP contribution in [0.5, 0.6) is 0 Å². The van der Waals surface area contributed by atoms with Gasteiger partial charge < -0.3 is 4.90 Å². The maximum atomic E-state index is 13.2. The van der Waals surface area contributed by atoms with Crippen LogP contribution in [0.25, 0.3) is 10.6 Å². The highest BCUT2D eigenvalue weighted by atomic mass is 32.2. The fourth-order valence-electron chi connectivity index (χ4n) is 2.51. The van der Waals surface area contributed by atoms with Crippen LogP contribution in [-0.2, 0) is 4.79 Å². The predicted octanol–water partition coefficient (Wildman–Crippen LogP) is 2.99. The van der Waals surface area contributed by atoms with Crippen LogP contribution >= 0.6 is 11.8 Å². The monoisotopic (exact) mass is 311 g/mol. The number of hydrogen-bond acceptors (Lipinski definition) is 4. The topological polar surface area (TPSA) is 45.6 Å². The first-order chi connectivity index (χ1) is 10.7. The molecule has 1 amide bonds. The van der Waals surface area contributed by atoms with E-state index in [0.717, 1.165) is 21.7 Å². The Labute approximate surface area is 130 Å². The lowest BCUT2D eigenvalue weighted by Gasteiger charge is -2.16. The molecule has 0 saturated carbocycles. The number of carbonyl (C=O) groups excluding carboxylic acids is 1. The van der Waals surface area contributed by atoms with Gasteiger partial charge in [0.1, 0.15) is 12.4 Å². The van der Waals surface area contributed by atoms with Gasteiger partial charge in [-0.15, -0.1) is 0 Å². The third kappa shape index (κ3) is 2.12. The minimum atomic E-state index is -0.285. The van der Waals surface area contributed by atoms with E-state index < -0.39 is 0 Å². The Morgan fingerprint density at radius 3 is 2.50 bits per heavy atom. The van der Waals surface area contributed by atoms with E-state index >= 15 is 0 Å². The van der Waals surface area contributed by atoms with Gasteiger partial charge in [0.25, 0.3) is 5.91 Å². The van der Waals surface area contributed by atoms with Crippen LogP contribution in [0.2, 0.25) is 0 Å². The second kappa shape index (κ2) is 5.06. The fourth-order valence-corrected chi connectivity index (χ4v) is 3.69. The highest BCUT2D eigenvalue weighted by Gasteiger charge is 2.36. The Balaban J connectivity index is 1.88. The summed E-state index contributed by atoms with van der Waals surface area (Å²) in [5.41, 5.74) is 2.75. The van der Waals surface area contributed by atoms with Crippen molar-refractivity contribution in [3.8, 4) is 0 Å². The van der Waals surface area contributed by atoms with E-state index in [1.807, 2.05) is 17.0 Å². The second-order valence-electron chi connectivity index (χ2n) is 4.90. The molecule has 1 aromatic carbocycles. The molecule has 2 aromatic rings. The number of aromatic nitrogens is 1. The molecule has 1 aromatic heterocycles. The summed E-state index contributed by atoms with van der Waals surface area (Å²) in [6.07, 6.45) is 3.45. The predicted molar refractivity (Wildman–Crippen MR) is 84.2 cm³/mol. The lowest BCUT2D eigenvalue weighted by molar-refractivity contribution is -0.116. The number of fused-ring (bicyclic) bond motifs is 1. The number of pyridine rings is 1. The summed E-state index contributed by atoms with van der Waals surface area (Å²) in [6, 6.07) is 10.1. The van der Waals surface area contributed by atoms with Crippen molar-refractivity contribution in [2.45, 2.75) is 0 Å². The van der Waals surface area contributed by atoms with Gasteiger partial charge in [0.2, 0.25) is 0 Å². The molecule has 0 radical (unpaired) electrons. The Bertz CT molecular complexity index is 815. The van der Waals surface area contributed by atoms with Crippen LogP contribution < -0.4 is 0 Å². The third-order valence-corrected chi connectivity index (χ3v) is 4.61. The average Bonchev–Trinajstić information content (AvgIpc) is 3.05. The van der Waals surface area contributed by atoms with E-state index in [-0.39, 0.29) is 18.3 Å². The van der Waals surface area contributed by atoms with Gasteiger partial charge in [-0.3, -0.25) is 9.78 Å². The molecule has 4 nitrogen and oxygen atoms in total. The number of aliphatic imine (C=N–C) groups is 1. The number of hydrogen-bond donors (Lipinski definition) is 0. The van der Waals surface area contributed by atoms with Crippen molar-refractivity contribution >= 4 is 33.4 Å². The third-order valence-electron chi connectivity index (χ3n) is 3.48. The van der Waals surface area contributed by atoms with Crippen LogP contribution in [0.1, 0.15) is 11.1 Å². The summed E-state index contributed by atoms with van der Waals surface area (Å²) < 4.78 is 13.2. The lowest BCUT2D eigenvalue weighted by Crippen LogP contribution is -2.21. The van der Waals surface area contributed by atoms with Crippen LogP contribution in [0.4, 0.5) is 4.39 Å². The molecule has 0 aliphatic carbocycles. The van der Waals surface area contributed by atoms with Gasteiger partial charge in [-0.2, -0.15) is 4.99 Å². The minimum absolute atomic E-state index is 0.157. The summed E-state index contributed by atoms with van der Waals surface area (Å²) in [5, 5.41) is 0.677. The van der Waals surface area contributed by atoms with Crippen LogP contribution in [0, 0.1) is 5.82 Å². The number of amidine groups is 1. The van der Waals surface area contributed by atoms with Gasteiger partial charge >= 0.3 is 0 Å². The molecule has 0 spiro atoms. The SMILES string of the molecule is O=C1CN2C(=N1)SC(c1ccncc1)=C2c1ccc(F)cc1. The van der Waals surface area contributed by atoms with E-state index in [2.05, 4.69) is 9.98 Å². The maximum absolute atomic E-state index is 13.2. The van der Waals surface area contributed by atoms with Gasteiger partial charge in [0.05, 0.1) is 5.70 Å². The maximum Gasteiger partial charge on any atom is 0.268 e. The number of carbonyl (C=O) groups is 1. The van der Waals surface area contributed by atoms with Crippen LogP contribution in [-0.4, -0.2) is 27.5 Å². The van der Waals surface area contributed by atoms with E-state index in [4.69, 9.17) is 0 Å². The molecular formula is C16H10FN3OS. The summed E-state index contributed by atoms with van der Waals surface area (Å²) in [4.78, 5) is 22.6. The largest absolute Gasteiger partial charge is 0.309 e. The number of nitrogens with zero attached hydrogens (tertiary/aromatic N) is 3. The normalized spacial score (nSPS) is 17.0. The Morgan fingerprint density at radius 2 is 1.77 bits per heavy atom. The number of amides is 1. The van der Waals surface area contributed by atoms with Crippen molar-refractivity contribution in [2.75, 3.05) is 6.54 Å². The number of rotatable bonds is 2. The molecule has 2 aliphatic rings. The first-order valence-electron chi connectivity index (χ1n) is 6.70. The molecule has 4 rings (SSSR count). The molecule has 0 saturated heterocycles. The summed E-state index contributed by atoms with van der Waals surface area (Å²) in [5.74, 6) is -0.442. The summed E-state index contributed by atoms with van der Waals surface area (Å²) in [6.45, 7) is 0.226. The Hall–Kier alpha value is -2.47. The quantitative estimate of drug-likeness (QED) is 0.855. The van der Waals surface area contributed by atoms with E-state index in [1.165, 1.54) is 23.9 Å². The zero-order valence-corrected chi connectivity index (χ0v) is 12.2. The molecule has 22 heavy (non-hydrogen) atoms. The number of halogens is 1. The first kappa shape index (κ1) is 13.2. The smallest absolute Gasteiger partial charge is 0.268 e. The Morgan fingerprint density at radius 1 is 1.05 bits per heavy atom. The van der Waals surface area contributed by atoms with Crippen LogP contribution in [0.3, 0.4) is 0 Å². The molecule has 6 heteroatoms. The molecule has 2 aliphatic heterocycles. The van der Waals surface area contributed by atoms with E-state index in [0.29, 0.717) is 5.17 Å². The standard InChI is InChI=1S/C16H10FN3OS/c17-12-3-1-10(2-4-12)14-15(11-5-7-18-8-6-11)22-16-19-13(21)9-20(14)16/h1-8H,9H2. The van der Waals surface area contributed by atoms with Gasteiger partial charge in [0.15, 0.2) is 5.17 Å². The molecule has 0 unspecified atom stereocenters. The molecule has 0 atom stereocenters. The number of benzene rings is 1. The van der Waals surface area contributed by atoms with Gasteiger partial charge in [0, 0.05) is 17.3 Å². The zero-order valence-electron chi connectivity index (χ0n) is 11.4. The van der Waals surface area contributed by atoms with E-state index in [9.17, 15) is 9.18 Å². The molecule has 0 fully saturated rings. The minimum Gasteiger partial charge on any atom is -0.309 e. The summed E-state index contributed by atoms with van der Waals surface area (Å²) >= 11 is 1.46. The van der Waals surface area contributed by atoms with Crippen molar-refractivity contribution in [1.82, 2.24) is 9.88 Å². The lowest BCUT2D eigenvalue weighted by atomic mass is 10.1. The molecule has 3 heterocycles. The highest BCUT2D eigenvalue weighted by molar-refractivity contribution is 8.22. The first-order valence-corrected chi connectivity index (χ1v) is 7.51. The molecule has 0 N–H and O–H groups in total. The molecule has 108 valence electrons. The van der Waals surface area contributed by atoms with Crippen molar-refractivity contribution in [3.05, 3.63) is 65.7 Å². The van der Waals surface area contributed by atoms with Crippen molar-refractivity contribution < 1.29 is 9.18 Å². The van der Waals surface area contributed by atoms with Gasteiger partial charge in [-0.1, -0.05) is 0 Å². The van der Waals surface area contributed by atoms with E-state index in [1.54, 1.807) is 24.5 Å². The van der Waals surface area contributed by atoms with Gasteiger partial charge in [-0.05, 0) is 59.3 Å². The zero-order chi connectivity index (χ0) is 15.1. The highest BCUT2D eigenvalue weighted by Crippen LogP contribution is 2.46. The summed E-state index contributed by atoms with van der Waals surface area (Å²) in [7, 11) is 0. The van der Waals surface area contributed by atoms with Crippen LogP contribution in [0.15, 0.2) is 53.8 Å². The number of thioether (sulfide) groups is 1. The molecule has 0 bridgehead atoms. The second-order valence-corrected chi connectivity index (χ2v) is 5.87. The van der Waals surface area contributed by atoms with Gasteiger partial charge in [-0.25, -0.2) is 4.39 Å². The molecular weight excluding hydrogens is 301 g/mol. The van der Waals surface area contributed by atoms with Crippen molar-refractivity contribution in [3.63, 3.8) is 0 Å². The Kier molecular flexibility index (Phi) is 3.04. The van der Waals surface area contributed by atoms with Crippen molar-refractivity contribution in [2.24, 2.45) is 4.99 Å². The fraction of sp³-hybridized carbons (Fsp3) is 0.0625. The average molecular weight is 311 g/mol.